The third-order valence-corrected chi connectivity index (χ3v) is 7.14. The number of nitrogens with zero attached hydrogens (tertiary/aromatic N) is 4. The van der Waals surface area contributed by atoms with Crippen molar-refractivity contribution in [1.29, 1.82) is 0 Å². The van der Waals surface area contributed by atoms with Crippen LogP contribution in [0.4, 0.5) is 5.69 Å². The summed E-state index contributed by atoms with van der Waals surface area (Å²) in [5.41, 5.74) is 9.82. The number of aromatic amines is 2. The Hall–Kier alpha value is -4.34. The lowest BCUT2D eigenvalue weighted by atomic mass is 10.0. The van der Waals surface area contributed by atoms with Crippen molar-refractivity contribution in [2.24, 2.45) is 0 Å². The van der Waals surface area contributed by atoms with Gasteiger partial charge in [0, 0.05) is 34.8 Å². The van der Waals surface area contributed by atoms with Crippen molar-refractivity contribution in [3.05, 3.63) is 88.2 Å². The van der Waals surface area contributed by atoms with Crippen molar-refractivity contribution in [2.45, 2.75) is 13.3 Å². The van der Waals surface area contributed by atoms with Crippen LogP contribution in [0.25, 0.3) is 39.1 Å². The summed E-state index contributed by atoms with van der Waals surface area (Å²) < 4.78 is 0. The summed E-state index contributed by atoms with van der Waals surface area (Å²) in [7, 11) is 3.72. The van der Waals surface area contributed by atoms with E-state index < -0.39 is 0 Å². The summed E-state index contributed by atoms with van der Waals surface area (Å²) in [6.45, 7) is 2.44. The first-order valence-electron chi connectivity index (χ1n) is 12.3. The smallest absolute Gasteiger partial charge is 0.238 e. The Morgan fingerprint density at radius 3 is 2.79 bits per heavy atom. The maximum atomic E-state index is 12.2. The minimum absolute atomic E-state index is 0.0833. The quantitative estimate of drug-likeness (QED) is 0.273. The van der Waals surface area contributed by atoms with Crippen LogP contribution in [0.15, 0.2) is 71.2 Å². The molecule has 0 fully saturated rings. The standard InChI is InChI=1S/C29H27N7OS/c1-17-4-6-22(19-8-9-38-16-19)27-25(10-17)32-29(33-27)28-23-12-18(5-7-24(23)34-35-28)20-11-21(14-30-13-20)31-26(37)15-36(2)3/h4-9,11-14,16H,10,15H2,1-3H3,(H,31,37)(H,32,33)(H,34,35). The molecule has 0 saturated carbocycles. The Morgan fingerprint density at radius 1 is 1.08 bits per heavy atom. The molecule has 0 spiro atoms. The van der Waals surface area contributed by atoms with E-state index in [4.69, 9.17) is 4.98 Å². The Balaban J connectivity index is 1.37. The largest absolute Gasteiger partial charge is 0.340 e. The molecule has 6 rings (SSSR count). The van der Waals surface area contributed by atoms with E-state index in [1.54, 1.807) is 23.7 Å². The molecule has 1 aliphatic rings. The number of pyridine rings is 1. The first-order chi connectivity index (χ1) is 18.4. The number of amides is 1. The fraction of sp³-hybridized carbons (Fsp3) is 0.172. The molecule has 3 N–H and O–H groups in total. The number of fused-ring (bicyclic) bond motifs is 2. The maximum absolute atomic E-state index is 12.2. The topological polar surface area (TPSA) is 103 Å². The molecule has 5 aromatic rings. The molecule has 0 unspecified atom stereocenters. The van der Waals surface area contributed by atoms with Gasteiger partial charge in [-0.3, -0.25) is 14.9 Å². The number of benzene rings is 1. The highest BCUT2D eigenvalue weighted by molar-refractivity contribution is 7.08. The first kappa shape index (κ1) is 24.0. The first-order valence-corrected chi connectivity index (χ1v) is 13.3. The normalized spacial score (nSPS) is 13.3. The fourth-order valence-electron chi connectivity index (χ4n) is 4.69. The molecule has 190 valence electrons. The average molecular weight is 522 g/mol. The van der Waals surface area contributed by atoms with Crippen molar-refractivity contribution < 1.29 is 4.79 Å². The zero-order valence-corrected chi connectivity index (χ0v) is 22.2. The number of carbonyl (C=O) groups excluding carboxylic acids is 1. The minimum atomic E-state index is -0.0833. The van der Waals surface area contributed by atoms with Gasteiger partial charge >= 0.3 is 0 Å². The number of carbonyl (C=O) groups is 1. The molecule has 0 radical (unpaired) electrons. The van der Waals surface area contributed by atoms with Crippen LogP contribution >= 0.6 is 11.3 Å². The highest BCUT2D eigenvalue weighted by atomic mass is 32.1. The van der Waals surface area contributed by atoms with E-state index in [1.165, 1.54) is 11.1 Å². The lowest BCUT2D eigenvalue weighted by Gasteiger charge is -2.11. The molecule has 8 nitrogen and oxygen atoms in total. The predicted molar refractivity (Wildman–Crippen MR) is 153 cm³/mol. The molecule has 1 aromatic carbocycles. The van der Waals surface area contributed by atoms with E-state index >= 15 is 0 Å². The molecule has 0 aliphatic heterocycles. The Kier molecular flexibility index (Phi) is 6.22. The van der Waals surface area contributed by atoms with Crippen molar-refractivity contribution in [2.75, 3.05) is 26.0 Å². The molecule has 1 aliphatic carbocycles. The van der Waals surface area contributed by atoms with E-state index in [0.717, 1.165) is 56.9 Å². The number of nitrogens with one attached hydrogen (secondary N) is 3. The van der Waals surface area contributed by atoms with E-state index in [-0.39, 0.29) is 5.91 Å². The summed E-state index contributed by atoms with van der Waals surface area (Å²) in [5.74, 6) is 0.650. The molecule has 0 saturated heterocycles. The van der Waals surface area contributed by atoms with E-state index in [1.807, 2.05) is 37.2 Å². The van der Waals surface area contributed by atoms with Gasteiger partial charge in [-0.2, -0.15) is 16.4 Å². The summed E-state index contributed by atoms with van der Waals surface area (Å²) in [6.07, 6.45) is 8.59. The van der Waals surface area contributed by atoms with E-state index in [2.05, 4.69) is 67.5 Å². The second kappa shape index (κ2) is 9.85. The van der Waals surface area contributed by atoms with E-state index in [9.17, 15) is 4.79 Å². The third kappa shape index (κ3) is 4.69. The number of imidazole rings is 1. The van der Waals surface area contributed by atoms with Gasteiger partial charge in [0.15, 0.2) is 5.82 Å². The second-order valence-corrected chi connectivity index (χ2v) is 10.6. The lowest BCUT2D eigenvalue weighted by Crippen LogP contribution is -2.27. The van der Waals surface area contributed by atoms with Crippen LogP contribution in [0.3, 0.4) is 0 Å². The van der Waals surface area contributed by atoms with Gasteiger partial charge in [0.05, 0.1) is 29.6 Å². The Morgan fingerprint density at radius 2 is 1.97 bits per heavy atom. The van der Waals surface area contributed by atoms with Crippen LogP contribution in [-0.4, -0.2) is 56.6 Å². The van der Waals surface area contributed by atoms with E-state index in [0.29, 0.717) is 12.2 Å². The van der Waals surface area contributed by atoms with Gasteiger partial charge in [-0.25, -0.2) is 4.98 Å². The molecule has 38 heavy (non-hydrogen) atoms. The van der Waals surface area contributed by atoms with Crippen LogP contribution in [0.5, 0.6) is 0 Å². The van der Waals surface area contributed by atoms with Gasteiger partial charge in [0.2, 0.25) is 5.91 Å². The molecule has 4 aromatic heterocycles. The van der Waals surface area contributed by atoms with Gasteiger partial charge in [-0.05, 0) is 67.2 Å². The average Bonchev–Trinajstić information content (AvgIpc) is 3.63. The molecule has 9 heteroatoms. The number of likely N-dealkylation sites (N-methyl/N-ethyl adjacent to an activating group) is 1. The molecule has 1 amide bonds. The van der Waals surface area contributed by atoms with Gasteiger partial charge in [0.1, 0.15) is 5.69 Å². The number of rotatable bonds is 6. The third-order valence-electron chi connectivity index (χ3n) is 6.46. The van der Waals surface area contributed by atoms with Crippen LogP contribution in [0.2, 0.25) is 0 Å². The minimum Gasteiger partial charge on any atom is -0.340 e. The zero-order valence-electron chi connectivity index (χ0n) is 21.4. The van der Waals surface area contributed by atoms with Crippen LogP contribution in [0, 0.1) is 0 Å². The summed E-state index contributed by atoms with van der Waals surface area (Å²) >= 11 is 1.68. The van der Waals surface area contributed by atoms with Crippen molar-refractivity contribution in [1.82, 2.24) is 30.0 Å². The number of allylic oxidation sites excluding steroid dienone is 3. The van der Waals surface area contributed by atoms with Gasteiger partial charge in [-0.1, -0.05) is 23.8 Å². The number of hydrogen-bond donors (Lipinski definition) is 3. The highest BCUT2D eigenvalue weighted by Crippen LogP contribution is 2.35. The predicted octanol–water partition coefficient (Wildman–Crippen LogP) is 5.51. The highest BCUT2D eigenvalue weighted by Gasteiger charge is 2.21. The molecule has 0 bridgehead atoms. The van der Waals surface area contributed by atoms with Gasteiger partial charge in [-0.15, -0.1) is 0 Å². The second-order valence-electron chi connectivity index (χ2n) is 9.78. The monoisotopic (exact) mass is 521 g/mol. The number of thiophene rings is 1. The van der Waals surface area contributed by atoms with Crippen LogP contribution < -0.4 is 5.32 Å². The van der Waals surface area contributed by atoms with Crippen molar-refractivity contribution in [3.63, 3.8) is 0 Å². The number of hydrogen-bond acceptors (Lipinski definition) is 6. The summed E-state index contributed by atoms with van der Waals surface area (Å²) in [6, 6.07) is 10.2. The molecular formula is C29H27N7OS. The lowest BCUT2D eigenvalue weighted by molar-refractivity contribution is -0.116. The Labute approximate surface area is 224 Å². The van der Waals surface area contributed by atoms with Crippen LogP contribution in [-0.2, 0) is 11.2 Å². The molecular weight excluding hydrogens is 494 g/mol. The summed E-state index contributed by atoms with van der Waals surface area (Å²) in [4.78, 5) is 27.0. The number of H-pyrrole nitrogens is 2. The Bertz CT molecular complexity index is 1710. The number of anilines is 1. The number of aromatic nitrogens is 5. The zero-order chi connectivity index (χ0) is 26.2. The fourth-order valence-corrected chi connectivity index (χ4v) is 5.35. The SMILES string of the molecule is CC1=CC=C(c2ccsc2)c2nc(-c3n[nH]c4ccc(-c5cncc(NC(=O)CN(C)C)c5)cc34)[nH]c2C1. The van der Waals surface area contributed by atoms with Gasteiger partial charge < -0.3 is 15.2 Å². The van der Waals surface area contributed by atoms with Crippen LogP contribution in [0.1, 0.15) is 23.9 Å². The molecule has 0 atom stereocenters. The van der Waals surface area contributed by atoms with Gasteiger partial charge in [0.25, 0.3) is 0 Å². The maximum Gasteiger partial charge on any atom is 0.238 e. The van der Waals surface area contributed by atoms with Crippen molar-refractivity contribution in [3.8, 4) is 22.6 Å². The van der Waals surface area contributed by atoms with Crippen molar-refractivity contribution >= 4 is 39.4 Å². The molecule has 4 heterocycles. The summed E-state index contributed by atoms with van der Waals surface area (Å²) in [5, 5.41) is 15.9.